The number of hydroxylamine groups is 2. The van der Waals surface area contributed by atoms with Crippen molar-refractivity contribution in [1.82, 2.24) is 15.1 Å². The average molecular weight is 345 g/mol. The van der Waals surface area contributed by atoms with E-state index in [0.29, 0.717) is 26.2 Å². The lowest BCUT2D eigenvalue weighted by molar-refractivity contribution is -0.145. The Hall–Kier alpha value is -1.92. The molecule has 0 N–H and O–H groups in total. The maximum Gasteiger partial charge on any atom is 0.258 e. The second-order valence-corrected chi connectivity index (χ2v) is 6.67. The smallest absolute Gasteiger partial charge is 0.258 e. The van der Waals surface area contributed by atoms with Crippen LogP contribution < -0.4 is 0 Å². The zero-order valence-corrected chi connectivity index (χ0v) is 15.5. The molecule has 3 rings (SSSR count). The summed E-state index contributed by atoms with van der Waals surface area (Å²) in [5.41, 5.74) is 4.34. The van der Waals surface area contributed by atoms with Crippen molar-refractivity contribution in [2.45, 2.75) is 39.5 Å². The lowest BCUT2D eigenvalue weighted by Gasteiger charge is -2.23. The molecule has 0 aromatic heterocycles. The SMILES string of the molecule is CCc1cc(C)cc(CC)c1C1C(=O)N2CCN(OC)CCN2C1=O. The van der Waals surface area contributed by atoms with Crippen LogP contribution in [0.5, 0.6) is 0 Å². The summed E-state index contributed by atoms with van der Waals surface area (Å²) < 4.78 is 0. The van der Waals surface area contributed by atoms with Crippen LogP contribution in [0.1, 0.15) is 42.0 Å². The van der Waals surface area contributed by atoms with Crippen molar-refractivity contribution >= 4 is 11.8 Å². The number of nitrogens with zero attached hydrogens (tertiary/aromatic N) is 3. The van der Waals surface area contributed by atoms with Gasteiger partial charge in [0.2, 0.25) is 0 Å². The number of hydrogen-bond donors (Lipinski definition) is 0. The topological polar surface area (TPSA) is 53.1 Å². The highest BCUT2D eigenvalue weighted by molar-refractivity contribution is 6.10. The number of aryl methyl sites for hydroxylation is 3. The fraction of sp³-hybridized carbons (Fsp3) is 0.579. The molecule has 0 bridgehead atoms. The normalized spacial score (nSPS) is 19.5. The van der Waals surface area contributed by atoms with Crippen molar-refractivity contribution in [1.29, 1.82) is 0 Å². The summed E-state index contributed by atoms with van der Waals surface area (Å²) in [6.07, 6.45) is 1.64. The van der Waals surface area contributed by atoms with Crippen LogP contribution in [0.3, 0.4) is 0 Å². The van der Waals surface area contributed by atoms with E-state index >= 15 is 0 Å². The second-order valence-electron chi connectivity index (χ2n) is 6.67. The first kappa shape index (κ1) is 17.9. The molecule has 2 amide bonds. The summed E-state index contributed by atoms with van der Waals surface area (Å²) in [5.74, 6) is -0.896. The summed E-state index contributed by atoms with van der Waals surface area (Å²) in [6, 6.07) is 4.22. The van der Waals surface area contributed by atoms with Gasteiger partial charge in [0, 0.05) is 13.1 Å². The van der Waals surface area contributed by atoms with E-state index in [4.69, 9.17) is 4.84 Å². The highest BCUT2D eigenvalue weighted by Crippen LogP contribution is 2.35. The monoisotopic (exact) mass is 345 g/mol. The molecule has 2 heterocycles. The fourth-order valence-electron chi connectivity index (χ4n) is 3.97. The molecule has 2 saturated heterocycles. The number of carbonyl (C=O) groups excluding carboxylic acids is 2. The molecule has 0 saturated carbocycles. The molecule has 0 radical (unpaired) electrons. The predicted octanol–water partition coefficient (Wildman–Crippen LogP) is 1.67. The number of hydrogen-bond acceptors (Lipinski definition) is 4. The van der Waals surface area contributed by atoms with Crippen molar-refractivity contribution in [3.63, 3.8) is 0 Å². The van der Waals surface area contributed by atoms with Crippen molar-refractivity contribution in [2.24, 2.45) is 0 Å². The summed E-state index contributed by atoms with van der Waals surface area (Å²) in [5, 5.41) is 5.02. The molecule has 25 heavy (non-hydrogen) atoms. The molecule has 1 aromatic carbocycles. The van der Waals surface area contributed by atoms with Crippen LogP contribution in [0, 0.1) is 6.92 Å². The van der Waals surface area contributed by atoms with E-state index in [-0.39, 0.29) is 11.8 Å². The molecule has 0 spiro atoms. The number of amides is 2. The van der Waals surface area contributed by atoms with Gasteiger partial charge in [-0.15, -0.1) is 0 Å². The first-order valence-electron chi connectivity index (χ1n) is 9.05. The van der Waals surface area contributed by atoms with Crippen LogP contribution in [-0.2, 0) is 27.3 Å². The van der Waals surface area contributed by atoms with Crippen LogP contribution in [-0.4, -0.2) is 60.2 Å². The van der Waals surface area contributed by atoms with E-state index < -0.39 is 5.92 Å². The average Bonchev–Trinajstić information content (AvgIpc) is 2.77. The summed E-state index contributed by atoms with van der Waals surface area (Å²) in [7, 11) is 1.62. The van der Waals surface area contributed by atoms with Gasteiger partial charge in [-0.25, -0.2) is 10.0 Å². The third kappa shape index (κ3) is 3.04. The molecule has 2 aliphatic rings. The minimum absolute atomic E-state index is 0.101. The van der Waals surface area contributed by atoms with E-state index in [1.54, 1.807) is 22.2 Å². The lowest BCUT2D eigenvalue weighted by atomic mass is 9.85. The van der Waals surface area contributed by atoms with Crippen molar-refractivity contribution in [2.75, 3.05) is 33.3 Å². The minimum Gasteiger partial charge on any atom is -0.302 e. The zero-order valence-electron chi connectivity index (χ0n) is 15.5. The Balaban J connectivity index is 2.00. The van der Waals surface area contributed by atoms with Crippen LogP contribution >= 0.6 is 0 Å². The zero-order chi connectivity index (χ0) is 18.1. The highest BCUT2D eigenvalue weighted by Gasteiger charge is 2.48. The van der Waals surface area contributed by atoms with Gasteiger partial charge in [-0.3, -0.25) is 9.59 Å². The van der Waals surface area contributed by atoms with Crippen LogP contribution in [0.15, 0.2) is 12.1 Å². The molecular formula is C19H27N3O3. The standard InChI is InChI=1S/C19H27N3O3/c1-5-14-11-13(3)12-15(6-2)16(14)17-18(23)21-9-7-20(25-4)8-10-22(21)19(17)24/h11-12,17H,5-10H2,1-4H3. The second kappa shape index (κ2) is 7.14. The first-order valence-corrected chi connectivity index (χ1v) is 9.05. The van der Waals surface area contributed by atoms with E-state index in [0.717, 1.165) is 29.5 Å². The van der Waals surface area contributed by atoms with E-state index in [1.807, 2.05) is 0 Å². The van der Waals surface area contributed by atoms with Crippen molar-refractivity contribution in [3.8, 4) is 0 Å². The third-order valence-electron chi connectivity index (χ3n) is 5.22. The highest BCUT2D eigenvalue weighted by atomic mass is 16.7. The lowest BCUT2D eigenvalue weighted by Crippen LogP contribution is -2.41. The van der Waals surface area contributed by atoms with Gasteiger partial charge in [0.05, 0.1) is 20.2 Å². The Labute approximate surface area is 149 Å². The van der Waals surface area contributed by atoms with Gasteiger partial charge >= 0.3 is 0 Å². The van der Waals surface area contributed by atoms with Gasteiger partial charge in [-0.2, -0.15) is 5.06 Å². The molecular weight excluding hydrogens is 318 g/mol. The van der Waals surface area contributed by atoms with Gasteiger partial charge in [-0.05, 0) is 36.5 Å². The Morgan fingerprint density at radius 2 is 1.44 bits per heavy atom. The van der Waals surface area contributed by atoms with Gasteiger partial charge in [0.15, 0.2) is 0 Å². The van der Waals surface area contributed by atoms with Crippen LogP contribution in [0.25, 0.3) is 0 Å². The Morgan fingerprint density at radius 1 is 0.960 bits per heavy atom. The Kier molecular flexibility index (Phi) is 5.11. The molecule has 2 fully saturated rings. The molecule has 0 unspecified atom stereocenters. The third-order valence-corrected chi connectivity index (χ3v) is 5.22. The Bertz CT molecular complexity index is 637. The maximum atomic E-state index is 13.1. The Morgan fingerprint density at radius 3 is 1.84 bits per heavy atom. The molecule has 6 heteroatoms. The number of carbonyl (C=O) groups is 2. The largest absolute Gasteiger partial charge is 0.302 e. The van der Waals surface area contributed by atoms with E-state index in [9.17, 15) is 9.59 Å². The molecule has 1 aromatic rings. The van der Waals surface area contributed by atoms with Gasteiger partial charge in [0.1, 0.15) is 5.92 Å². The van der Waals surface area contributed by atoms with Crippen LogP contribution in [0.2, 0.25) is 0 Å². The quantitative estimate of drug-likeness (QED) is 0.779. The molecule has 0 aliphatic carbocycles. The van der Waals surface area contributed by atoms with E-state index in [2.05, 4.69) is 32.9 Å². The predicted molar refractivity (Wildman–Crippen MR) is 94.7 cm³/mol. The number of benzene rings is 1. The number of hydrazine groups is 1. The van der Waals surface area contributed by atoms with Crippen molar-refractivity contribution in [3.05, 3.63) is 34.4 Å². The van der Waals surface area contributed by atoms with Gasteiger partial charge in [-0.1, -0.05) is 31.5 Å². The number of rotatable bonds is 4. The molecule has 0 atom stereocenters. The minimum atomic E-state index is -0.695. The molecule has 2 aliphatic heterocycles. The molecule has 136 valence electrons. The first-order chi connectivity index (χ1) is 12.0. The van der Waals surface area contributed by atoms with Gasteiger partial charge < -0.3 is 4.84 Å². The van der Waals surface area contributed by atoms with Crippen molar-refractivity contribution < 1.29 is 14.4 Å². The fourth-order valence-corrected chi connectivity index (χ4v) is 3.97. The summed E-state index contributed by atoms with van der Waals surface area (Å²) >= 11 is 0. The maximum absolute atomic E-state index is 13.1. The van der Waals surface area contributed by atoms with Gasteiger partial charge in [0.25, 0.3) is 11.8 Å². The summed E-state index contributed by atoms with van der Waals surface area (Å²) in [4.78, 5) is 31.5. The van der Waals surface area contributed by atoms with E-state index in [1.165, 1.54) is 5.56 Å². The van der Waals surface area contributed by atoms with Crippen LogP contribution in [0.4, 0.5) is 0 Å². The number of fused-ring (bicyclic) bond motifs is 1. The molecule has 6 nitrogen and oxygen atoms in total. The summed E-state index contributed by atoms with van der Waals surface area (Å²) in [6.45, 7) is 8.39.